The Morgan fingerprint density at radius 3 is 0.922 bits per heavy atom. The normalized spacial score (nSPS) is 12.5. The van der Waals surface area contributed by atoms with Gasteiger partial charge in [0.25, 0.3) is 0 Å². The van der Waals surface area contributed by atoms with Crippen LogP contribution in [0.5, 0.6) is 0 Å². The number of unbranched alkanes of at least 4 members (excludes halogenated alkanes) is 54. The smallest absolute Gasteiger partial charge is 0.305 e. The maximum Gasteiger partial charge on any atom is 0.305 e. The van der Waals surface area contributed by atoms with Gasteiger partial charge < -0.3 is 20.3 Å². The number of ether oxygens (including phenoxy) is 1. The molecule has 0 aliphatic heterocycles. The van der Waals surface area contributed by atoms with Gasteiger partial charge in [-0.05, 0) is 51.4 Å². The van der Waals surface area contributed by atoms with E-state index in [4.69, 9.17) is 4.74 Å². The Labute approximate surface area is 482 Å². The van der Waals surface area contributed by atoms with E-state index in [9.17, 15) is 19.8 Å². The largest absolute Gasteiger partial charge is 0.466 e. The van der Waals surface area contributed by atoms with Crippen LogP contribution in [0.1, 0.15) is 406 Å². The number of amides is 1. The molecule has 0 aliphatic rings. The third-order valence-corrected chi connectivity index (χ3v) is 16.8. The van der Waals surface area contributed by atoms with Crippen molar-refractivity contribution in [3.05, 3.63) is 12.2 Å². The van der Waals surface area contributed by atoms with Gasteiger partial charge in [-0.3, -0.25) is 9.59 Å². The summed E-state index contributed by atoms with van der Waals surface area (Å²) < 4.78 is 5.50. The summed E-state index contributed by atoms with van der Waals surface area (Å²) in [7, 11) is 0. The Hall–Kier alpha value is -1.40. The van der Waals surface area contributed by atoms with E-state index in [1.165, 1.54) is 321 Å². The third kappa shape index (κ3) is 63.6. The monoisotopic (exact) mass is 1090 g/mol. The van der Waals surface area contributed by atoms with Crippen LogP contribution in [0, 0.1) is 0 Å². The summed E-state index contributed by atoms with van der Waals surface area (Å²) >= 11 is 0. The zero-order valence-electron chi connectivity index (χ0n) is 52.5. The molecule has 2 unspecified atom stereocenters. The lowest BCUT2D eigenvalue weighted by Gasteiger charge is -2.22. The molecule has 0 aromatic rings. The fraction of sp³-hybridized carbons (Fsp3) is 0.944. The second-order valence-electron chi connectivity index (χ2n) is 24.6. The number of esters is 1. The Kier molecular flexibility index (Phi) is 65.9. The Bertz CT molecular complexity index is 1160. The lowest BCUT2D eigenvalue weighted by atomic mass is 10.0. The van der Waals surface area contributed by atoms with Crippen LogP contribution in [-0.2, 0) is 14.3 Å². The standard InChI is InChI=1S/C71H139NO5/c1-3-5-7-9-11-13-15-17-19-21-22-23-24-25-26-27-28-32-35-39-43-47-51-55-59-63-69(74)68(67-73)72-70(75)64-60-56-52-48-44-40-36-33-29-30-34-38-42-46-50-54-58-62-66-77-71(76)65-61-57-53-49-45-41-37-31-20-18-16-14-12-10-8-6-4-2/h33,36,68-69,73-74H,3-32,34-35,37-67H2,1-2H3,(H,72,75)/b36-33-. The molecule has 0 heterocycles. The fourth-order valence-corrected chi connectivity index (χ4v) is 11.4. The first kappa shape index (κ1) is 75.6. The molecule has 0 bridgehead atoms. The molecular formula is C71H139NO5. The zero-order chi connectivity index (χ0) is 55.7. The average Bonchev–Trinajstić information content (AvgIpc) is 3.43. The SMILES string of the molecule is CCCCCCCCCCCCCCCCCCCCCCCCCCCC(O)C(CO)NC(=O)CCCCCCC/C=C\CCCCCCCCCCCOC(=O)CCCCCCCCCCCCCCCCCCC. The van der Waals surface area contributed by atoms with Crippen molar-refractivity contribution in [2.75, 3.05) is 13.2 Å². The van der Waals surface area contributed by atoms with Crippen LogP contribution in [0.15, 0.2) is 12.2 Å². The zero-order valence-corrected chi connectivity index (χ0v) is 52.5. The molecule has 6 heteroatoms. The van der Waals surface area contributed by atoms with E-state index in [1.54, 1.807) is 0 Å². The van der Waals surface area contributed by atoms with Crippen LogP contribution < -0.4 is 5.32 Å². The number of hydrogen-bond acceptors (Lipinski definition) is 5. The Morgan fingerprint density at radius 2 is 0.610 bits per heavy atom. The van der Waals surface area contributed by atoms with Crippen molar-refractivity contribution in [2.45, 2.75) is 418 Å². The van der Waals surface area contributed by atoms with Crippen LogP contribution in [-0.4, -0.2) is 47.4 Å². The van der Waals surface area contributed by atoms with E-state index in [2.05, 4.69) is 31.3 Å². The molecule has 6 nitrogen and oxygen atoms in total. The van der Waals surface area contributed by atoms with Gasteiger partial charge >= 0.3 is 5.97 Å². The van der Waals surface area contributed by atoms with Gasteiger partial charge in [0.15, 0.2) is 0 Å². The molecule has 3 N–H and O–H groups in total. The van der Waals surface area contributed by atoms with Crippen molar-refractivity contribution in [2.24, 2.45) is 0 Å². The molecule has 0 saturated carbocycles. The minimum Gasteiger partial charge on any atom is -0.466 e. The highest BCUT2D eigenvalue weighted by molar-refractivity contribution is 5.76. The molecule has 0 rings (SSSR count). The van der Waals surface area contributed by atoms with Crippen molar-refractivity contribution in [3.63, 3.8) is 0 Å². The molecule has 458 valence electrons. The number of carbonyl (C=O) groups is 2. The van der Waals surface area contributed by atoms with Gasteiger partial charge in [-0.25, -0.2) is 0 Å². The number of nitrogens with one attached hydrogen (secondary N) is 1. The van der Waals surface area contributed by atoms with Crippen molar-refractivity contribution in [3.8, 4) is 0 Å². The molecule has 0 fully saturated rings. The van der Waals surface area contributed by atoms with Gasteiger partial charge in [0.1, 0.15) is 0 Å². The molecule has 0 aliphatic carbocycles. The van der Waals surface area contributed by atoms with Crippen LogP contribution in [0.2, 0.25) is 0 Å². The summed E-state index contributed by atoms with van der Waals surface area (Å²) in [6.07, 6.45) is 82.5. The van der Waals surface area contributed by atoms with Crippen LogP contribution in [0.3, 0.4) is 0 Å². The molecular weight excluding hydrogens is 947 g/mol. The first-order valence-corrected chi connectivity index (χ1v) is 35.4. The number of hydrogen-bond donors (Lipinski definition) is 3. The maximum absolute atomic E-state index is 12.5. The lowest BCUT2D eigenvalue weighted by Crippen LogP contribution is -2.45. The summed E-state index contributed by atoms with van der Waals surface area (Å²) in [4.78, 5) is 24.7. The number of aliphatic hydroxyl groups excluding tert-OH is 2. The third-order valence-electron chi connectivity index (χ3n) is 16.8. The minimum atomic E-state index is -0.674. The van der Waals surface area contributed by atoms with E-state index in [1.807, 2.05) is 0 Å². The van der Waals surface area contributed by atoms with Crippen LogP contribution in [0.25, 0.3) is 0 Å². The van der Waals surface area contributed by atoms with Crippen molar-refractivity contribution < 1.29 is 24.5 Å². The predicted octanol–water partition coefficient (Wildman–Crippen LogP) is 22.8. The van der Waals surface area contributed by atoms with Crippen LogP contribution in [0.4, 0.5) is 0 Å². The van der Waals surface area contributed by atoms with Crippen molar-refractivity contribution in [1.29, 1.82) is 0 Å². The fourth-order valence-electron chi connectivity index (χ4n) is 11.4. The van der Waals surface area contributed by atoms with Gasteiger partial charge in [-0.1, -0.05) is 353 Å². The summed E-state index contributed by atoms with van der Waals surface area (Å²) in [6.45, 7) is 4.99. The molecule has 0 aromatic carbocycles. The van der Waals surface area contributed by atoms with Gasteiger partial charge in [0, 0.05) is 12.8 Å². The van der Waals surface area contributed by atoms with Crippen molar-refractivity contribution >= 4 is 11.9 Å². The summed E-state index contributed by atoms with van der Waals surface area (Å²) in [5, 5.41) is 23.4. The van der Waals surface area contributed by atoms with Gasteiger partial charge in [-0.15, -0.1) is 0 Å². The summed E-state index contributed by atoms with van der Waals surface area (Å²) in [5.41, 5.74) is 0. The first-order chi connectivity index (χ1) is 38.0. The number of rotatable bonds is 67. The van der Waals surface area contributed by atoms with Gasteiger partial charge in [-0.2, -0.15) is 0 Å². The van der Waals surface area contributed by atoms with E-state index in [0.29, 0.717) is 25.9 Å². The molecule has 0 saturated heterocycles. The Morgan fingerprint density at radius 1 is 0.351 bits per heavy atom. The van der Waals surface area contributed by atoms with E-state index in [-0.39, 0.29) is 18.5 Å². The van der Waals surface area contributed by atoms with E-state index < -0.39 is 12.1 Å². The second-order valence-corrected chi connectivity index (χ2v) is 24.6. The van der Waals surface area contributed by atoms with Crippen LogP contribution >= 0.6 is 0 Å². The molecule has 77 heavy (non-hydrogen) atoms. The molecule has 0 radical (unpaired) electrons. The molecule has 2 atom stereocenters. The second kappa shape index (κ2) is 67.1. The highest BCUT2D eigenvalue weighted by Crippen LogP contribution is 2.19. The topological polar surface area (TPSA) is 95.9 Å². The minimum absolute atomic E-state index is 0.00843. The number of aliphatic hydroxyl groups is 2. The Balaban J connectivity index is 3.42. The van der Waals surface area contributed by atoms with Gasteiger partial charge in [0.2, 0.25) is 5.91 Å². The number of allylic oxidation sites excluding steroid dienone is 2. The summed E-state index contributed by atoms with van der Waals surface area (Å²) in [5.74, 6) is -0.0355. The quantitative estimate of drug-likeness (QED) is 0.0320. The lowest BCUT2D eigenvalue weighted by molar-refractivity contribution is -0.143. The highest BCUT2D eigenvalue weighted by atomic mass is 16.5. The molecule has 0 spiro atoms. The first-order valence-electron chi connectivity index (χ1n) is 35.4. The van der Waals surface area contributed by atoms with Gasteiger partial charge in [0.05, 0.1) is 25.4 Å². The van der Waals surface area contributed by atoms with E-state index >= 15 is 0 Å². The molecule has 0 aromatic heterocycles. The van der Waals surface area contributed by atoms with E-state index in [0.717, 1.165) is 51.4 Å². The average molecular weight is 1090 g/mol. The number of carbonyl (C=O) groups excluding carboxylic acids is 2. The van der Waals surface area contributed by atoms with Crippen molar-refractivity contribution in [1.82, 2.24) is 5.32 Å². The highest BCUT2D eigenvalue weighted by Gasteiger charge is 2.20. The summed E-state index contributed by atoms with van der Waals surface area (Å²) in [6, 6.07) is -0.553. The molecule has 1 amide bonds. The maximum atomic E-state index is 12.5. The predicted molar refractivity (Wildman–Crippen MR) is 338 cm³/mol.